The zero-order valence-electron chi connectivity index (χ0n) is 22.5. The van der Waals surface area contributed by atoms with Gasteiger partial charge in [0.25, 0.3) is 0 Å². The second-order valence-electron chi connectivity index (χ2n) is 8.30. The van der Waals surface area contributed by atoms with Gasteiger partial charge in [-0.05, 0) is 38.4 Å². The van der Waals surface area contributed by atoms with Gasteiger partial charge in [-0.2, -0.15) is 0 Å². The molecular weight excluding hydrogens is 702 g/mol. The van der Waals surface area contributed by atoms with E-state index in [-0.39, 0.29) is 39.6 Å². The van der Waals surface area contributed by atoms with E-state index in [0.29, 0.717) is 18.8 Å². The molecule has 3 aromatic rings. The molecular formula is C24H32Cl2Cu2N4O10. The van der Waals surface area contributed by atoms with Crippen LogP contribution in [0, 0.1) is 20.5 Å². The van der Waals surface area contributed by atoms with Crippen LogP contribution in [0.3, 0.4) is 0 Å². The van der Waals surface area contributed by atoms with Crippen molar-refractivity contribution in [1.82, 2.24) is 19.8 Å². The van der Waals surface area contributed by atoms with Crippen molar-refractivity contribution >= 4 is 0 Å². The van der Waals surface area contributed by atoms with Crippen molar-refractivity contribution in [3.05, 3.63) is 89.5 Å². The van der Waals surface area contributed by atoms with E-state index in [0.717, 1.165) is 48.4 Å². The number of para-hydroxylation sites is 1. The van der Waals surface area contributed by atoms with Gasteiger partial charge in [-0.1, -0.05) is 30.3 Å². The molecule has 42 heavy (non-hydrogen) atoms. The average Bonchev–Trinajstić information content (AvgIpc) is 2.83. The fourth-order valence-electron chi connectivity index (χ4n) is 3.34. The summed E-state index contributed by atoms with van der Waals surface area (Å²) in [6, 6.07) is 18.0. The van der Waals surface area contributed by atoms with E-state index < -0.39 is 20.5 Å². The molecule has 0 unspecified atom stereocenters. The average molecular weight is 735 g/mol. The Balaban J connectivity index is -0.00000101. The second-order valence-corrected chi connectivity index (χ2v) is 9.81. The summed E-state index contributed by atoms with van der Waals surface area (Å²) in [7, 11) is -5.73. The van der Waals surface area contributed by atoms with Crippen molar-refractivity contribution < 1.29 is 102 Å². The van der Waals surface area contributed by atoms with E-state index in [1.807, 2.05) is 67.0 Å². The molecule has 0 saturated heterocycles. The quantitative estimate of drug-likeness (QED) is 0.190. The Bertz CT molecular complexity index is 993. The summed E-state index contributed by atoms with van der Waals surface area (Å²) in [4.78, 5) is 13.2. The number of phenols is 1. The van der Waals surface area contributed by atoms with Gasteiger partial charge < -0.3 is 20.4 Å². The molecule has 1 aromatic carbocycles. The standard InChI is InChI=1S/C24H30N4O.2ClHO4.2Cu.H2O/c1-27(16-12-22-10-3-5-14-25-22)18-20-8-7-9-21(24(20)29)19-28(2)17-13-23-11-4-6-15-26-23;2*2-1(3,4)5;;;/h3-11,14-15,29H,12-13,16-19H2,1-2H3;2*(H,2,3,4,5);;;1H2/q;;;2*+1;/p-2. The number of pyridine rings is 2. The molecule has 0 spiro atoms. The maximum absolute atomic E-state index is 10.8. The van der Waals surface area contributed by atoms with Crippen LogP contribution in [0.4, 0.5) is 0 Å². The molecule has 3 rings (SSSR count). The Hall–Kier alpha value is -1.50. The van der Waals surface area contributed by atoms with Crippen molar-refractivity contribution in [3.63, 3.8) is 0 Å². The van der Waals surface area contributed by atoms with Crippen molar-refractivity contribution in [2.75, 3.05) is 27.2 Å². The number of phenolic OH excluding ortho intramolecular Hbond substituents is 1. The number of benzene rings is 1. The van der Waals surface area contributed by atoms with E-state index in [1.54, 1.807) is 0 Å². The molecule has 0 aliphatic heterocycles. The van der Waals surface area contributed by atoms with E-state index in [4.69, 9.17) is 37.3 Å². The van der Waals surface area contributed by atoms with Crippen LogP contribution in [0.2, 0.25) is 0 Å². The number of aromatic nitrogens is 2. The largest absolute Gasteiger partial charge is 1.00 e. The Morgan fingerprint density at radius 2 is 0.952 bits per heavy atom. The van der Waals surface area contributed by atoms with Crippen molar-refractivity contribution in [2.45, 2.75) is 25.9 Å². The third kappa shape index (κ3) is 25.0. The molecule has 0 radical (unpaired) electrons. The van der Waals surface area contributed by atoms with Crippen LogP contribution in [0.1, 0.15) is 22.5 Å². The second kappa shape index (κ2) is 23.0. The molecule has 0 fully saturated rings. The molecule has 0 amide bonds. The van der Waals surface area contributed by atoms with Crippen LogP contribution in [-0.4, -0.2) is 57.5 Å². The number of nitrogens with zero attached hydrogens (tertiary/aromatic N) is 4. The van der Waals surface area contributed by atoms with Gasteiger partial charge >= 0.3 is 34.1 Å². The van der Waals surface area contributed by atoms with Crippen LogP contribution in [0.15, 0.2) is 67.0 Å². The van der Waals surface area contributed by atoms with Crippen molar-refractivity contribution in [3.8, 4) is 5.75 Å². The molecule has 2 heterocycles. The zero-order valence-corrected chi connectivity index (χ0v) is 25.8. The minimum absolute atomic E-state index is 0. The SMILES string of the molecule is CN(CCc1ccccn1)Cc1cccc(CN(C)CCc2ccccn2)c1O.O.[Cu+].[Cu+].[O-][Cl+3]([O-])([O-])[O-].[O-][Cl+3]([O-])([O-])[O-]. The fourth-order valence-corrected chi connectivity index (χ4v) is 3.34. The molecule has 0 atom stereocenters. The van der Waals surface area contributed by atoms with Gasteiger partial charge in [0.1, 0.15) is 5.75 Å². The van der Waals surface area contributed by atoms with Crippen LogP contribution in [0.25, 0.3) is 0 Å². The molecule has 18 heteroatoms. The third-order valence-corrected chi connectivity index (χ3v) is 5.04. The molecule has 14 nitrogen and oxygen atoms in total. The number of likely N-dealkylation sites (N-methyl/N-ethyl adjacent to an activating group) is 2. The summed E-state index contributed by atoms with van der Waals surface area (Å²) in [5, 5.41) is 10.8. The first-order valence-electron chi connectivity index (χ1n) is 11.3. The van der Waals surface area contributed by atoms with Gasteiger partial charge in [-0.3, -0.25) is 9.97 Å². The van der Waals surface area contributed by atoms with Gasteiger partial charge in [-0.25, -0.2) is 37.3 Å². The van der Waals surface area contributed by atoms with Crippen molar-refractivity contribution in [2.24, 2.45) is 0 Å². The Kier molecular flexibility index (Phi) is 24.6. The van der Waals surface area contributed by atoms with Gasteiger partial charge in [0.2, 0.25) is 0 Å². The molecule has 0 saturated carbocycles. The minimum atomic E-state index is -4.94. The van der Waals surface area contributed by atoms with E-state index in [2.05, 4.69) is 33.9 Å². The third-order valence-electron chi connectivity index (χ3n) is 5.04. The summed E-state index contributed by atoms with van der Waals surface area (Å²) in [6.45, 7) is 3.21. The Morgan fingerprint density at radius 1 is 0.619 bits per heavy atom. The minimum Gasteiger partial charge on any atom is -0.507 e. The van der Waals surface area contributed by atoms with Gasteiger partial charge in [0, 0.05) is 73.9 Å². The maximum Gasteiger partial charge on any atom is 1.00 e. The normalized spacial score (nSPS) is 10.7. The summed E-state index contributed by atoms with van der Waals surface area (Å²) in [5.41, 5.74) is 4.10. The predicted octanol–water partition coefficient (Wildman–Crippen LogP) is -6.81. The van der Waals surface area contributed by atoms with Crippen LogP contribution < -0.4 is 37.3 Å². The topological polar surface area (TPSA) is 268 Å². The summed E-state index contributed by atoms with van der Waals surface area (Å²) in [5.74, 6) is 0.405. The van der Waals surface area contributed by atoms with E-state index in [9.17, 15) is 5.11 Å². The van der Waals surface area contributed by atoms with Gasteiger partial charge in [-0.15, -0.1) is 20.5 Å². The number of rotatable bonds is 10. The molecule has 244 valence electrons. The van der Waals surface area contributed by atoms with Crippen LogP contribution in [0.5, 0.6) is 5.75 Å². The first kappa shape index (κ1) is 44.9. The summed E-state index contributed by atoms with van der Waals surface area (Å²) < 4.78 is 67.9. The number of aromatic hydroxyl groups is 1. The molecule has 3 N–H and O–H groups in total. The van der Waals surface area contributed by atoms with Gasteiger partial charge in [0.05, 0.1) is 0 Å². The van der Waals surface area contributed by atoms with Crippen LogP contribution >= 0.6 is 0 Å². The number of hydrogen-bond acceptors (Lipinski definition) is 13. The zero-order chi connectivity index (χ0) is 29.5. The maximum atomic E-state index is 10.8. The van der Waals surface area contributed by atoms with Gasteiger partial charge in [0.15, 0.2) is 0 Å². The summed E-state index contributed by atoms with van der Waals surface area (Å²) in [6.07, 6.45) is 5.45. The number of halogens is 2. The van der Waals surface area contributed by atoms with E-state index in [1.165, 1.54) is 0 Å². The summed E-state index contributed by atoms with van der Waals surface area (Å²) >= 11 is 0. The Labute approximate surface area is 269 Å². The molecule has 0 aliphatic rings. The molecule has 2 aromatic heterocycles. The molecule has 0 bridgehead atoms. The smallest absolute Gasteiger partial charge is 0.507 e. The first-order valence-corrected chi connectivity index (χ1v) is 13.8. The van der Waals surface area contributed by atoms with Crippen molar-refractivity contribution in [1.29, 1.82) is 0 Å². The molecule has 0 aliphatic carbocycles. The first-order chi connectivity index (χ1) is 18.1. The fraction of sp³-hybridized carbons (Fsp3) is 0.333. The predicted molar refractivity (Wildman–Crippen MR) is 120 cm³/mol. The monoisotopic (exact) mass is 732 g/mol. The Morgan fingerprint density at radius 3 is 1.24 bits per heavy atom. The number of hydrogen-bond donors (Lipinski definition) is 1. The van der Waals surface area contributed by atoms with Crippen LogP contribution in [-0.2, 0) is 60.1 Å². The van der Waals surface area contributed by atoms with E-state index >= 15 is 0 Å².